The van der Waals surface area contributed by atoms with Gasteiger partial charge in [0.1, 0.15) is 0 Å². The fourth-order valence-corrected chi connectivity index (χ4v) is 0.965. The SMILES string of the molecule is [N-]=[N+]=NNc1nc2nc[nH]c2c(=O)[nH]1. The van der Waals surface area contributed by atoms with Gasteiger partial charge in [-0.2, -0.15) is 15.3 Å². The molecular weight excluding hydrogens is 188 g/mol. The molecule has 0 saturated carbocycles. The normalized spacial score (nSPS) is 9.71. The summed E-state index contributed by atoms with van der Waals surface area (Å²) in [5, 5.41) is 3.03. The largest absolute Gasteiger partial charge is 0.339 e. The van der Waals surface area contributed by atoms with Gasteiger partial charge in [0.05, 0.1) is 6.33 Å². The molecule has 2 heterocycles. The second-order valence-electron chi connectivity index (χ2n) is 2.32. The van der Waals surface area contributed by atoms with Crippen LogP contribution in [-0.4, -0.2) is 19.9 Å². The van der Waals surface area contributed by atoms with Gasteiger partial charge in [0, 0.05) is 0 Å². The van der Waals surface area contributed by atoms with Crippen molar-refractivity contribution in [3.05, 3.63) is 27.1 Å². The van der Waals surface area contributed by atoms with Crippen LogP contribution in [0.5, 0.6) is 0 Å². The Kier molecular flexibility index (Phi) is 1.77. The number of hydrogen-bond donors (Lipinski definition) is 3. The van der Waals surface area contributed by atoms with Gasteiger partial charge in [0.25, 0.3) is 5.56 Å². The number of aromatic amines is 2. The van der Waals surface area contributed by atoms with E-state index in [9.17, 15) is 4.79 Å². The summed E-state index contributed by atoms with van der Waals surface area (Å²) in [5.74, 6) is 0.0485. The molecule has 0 unspecified atom stereocenters. The van der Waals surface area contributed by atoms with Gasteiger partial charge in [-0.1, -0.05) is 0 Å². The molecule has 0 spiro atoms. The molecule has 2 aromatic heterocycles. The summed E-state index contributed by atoms with van der Waals surface area (Å²) in [6, 6.07) is 0. The number of nitrogens with zero attached hydrogens (tertiary/aromatic N) is 5. The van der Waals surface area contributed by atoms with Crippen LogP contribution in [-0.2, 0) is 0 Å². The van der Waals surface area contributed by atoms with Crippen LogP contribution in [0.3, 0.4) is 0 Å². The fourth-order valence-electron chi connectivity index (χ4n) is 0.965. The van der Waals surface area contributed by atoms with E-state index in [0.717, 1.165) is 0 Å². The van der Waals surface area contributed by atoms with E-state index >= 15 is 0 Å². The van der Waals surface area contributed by atoms with E-state index in [1.807, 2.05) is 0 Å². The number of aromatic nitrogens is 4. The molecule has 0 atom stereocenters. The fraction of sp³-hybridized carbons (Fsp3) is 0. The lowest BCUT2D eigenvalue weighted by molar-refractivity contribution is 1.10. The zero-order valence-corrected chi connectivity index (χ0v) is 6.72. The molecule has 2 aromatic rings. The Bertz CT molecular complexity index is 560. The highest BCUT2D eigenvalue weighted by Crippen LogP contribution is 2.02. The van der Waals surface area contributed by atoms with E-state index in [4.69, 9.17) is 5.53 Å². The summed E-state index contributed by atoms with van der Waals surface area (Å²) in [7, 11) is 0. The van der Waals surface area contributed by atoms with Gasteiger partial charge in [0.15, 0.2) is 11.2 Å². The number of imidazole rings is 1. The topological polar surface area (TPSA) is 135 Å². The molecule has 0 amide bonds. The maximum atomic E-state index is 11.3. The number of fused-ring (bicyclic) bond motifs is 1. The van der Waals surface area contributed by atoms with Gasteiger partial charge in [-0.05, 0) is 5.22 Å². The Balaban J connectivity index is 2.58. The molecule has 2 rings (SSSR count). The molecule has 9 nitrogen and oxygen atoms in total. The van der Waals surface area contributed by atoms with Gasteiger partial charge in [0.2, 0.25) is 0 Å². The highest BCUT2D eigenvalue weighted by Gasteiger charge is 2.05. The van der Waals surface area contributed by atoms with Crippen LogP contribution >= 0.6 is 0 Å². The molecule has 70 valence electrons. The molecule has 0 aliphatic carbocycles. The molecular formula is C5H4N8O. The predicted molar refractivity (Wildman–Crippen MR) is 47.3 cm³/mol. The summed E-state index contributed by atoms with van der Waals surface area (Å²) in [4.78, 5) is 26.4. The van der Waals surface area contributed by atoms with Crippen LogP contribution in [0.15, 0.2) is 16.3 Å². The lowest BCUT2D eigenvalue weighted by Crippen LogP contribution is -2.10. The van der Waals surface area contributed by atoms with Gasteiger partial charge < -0.3 is 4.98 Å². The van der Waals surface area contributed by atoms with Gasteiger partial charge in [-0.15, -0.1) is 5.53 Å². The third kappa shape index (κ3) is 1.23. The summed E-state index contributed by atoms with van der Waals surface area (Å²) >= 11 is 0. The maximum absolute atomic E-state index is 11.3. The lowest BCUT2D eigenvalue weighted by Gasteiger charge is -1.92. The summed E-state index contributed by atoms with van der Waals surface area (Å²) < 4.78 is 0. The van der Waals surface area contributed by atoms with E-state index in [1.54, 1.807) is 0 Å². The van der Waals surface area contributed by atoms with Crippen LogP contribution in [0, 0.1) is 0 Å². The minimum absolute atomic E-state index is 0.0485. The molecule has 0 radical (unpaired) electrons. The third-order valence-corrected chi connectivity index (χ3v) is 1.50. The molecule has 14 heavy (non-hydrogen) atoms. The summed E-state index contributed by atoms with van der Waals surface area (Å²) in [6.07, 6.45) is 1.35. The zero-order chi connectivity index (χ0) is 9.97. The molecule has 0 aromatic carbocycles. The minimum Gasteiger partial charge on any atom is -0.339 e. The van der Waals surface area contributed by atoms with Crippen molar-refractivity contribution in [1.29, 1.82) is 0 Å². The number of azide groups is 1. The Labute approximate surface area is 75.8 Å². The van der Waals surface area contributed by atoms with Crippen LogP contribution < -0.4 is 11.0 Å². The van der Waals surface area contributed by atoms with Crippen molar-refractivity contribution in [2.45, 2.75) is 0 Å². The van der Waals surface area contributed by atoms with Crippen molar-refractivity contribution in [1.82, 2.24) is 19.9 Å². The number of anilines is 1. The Morgan fingerprint density at radius 2 is 2.50 bits per heavy atom. The van der Waals surface area contributed by atoms with E-state index in [1.165, 1.54) is 6.33 Å². The highest BCUT2D eigenvalue weighted by atomic mass is 16.1. The number of H-pyrrole nitrogens is 2. The smallest absolute Gasteiger partial charge is 0.304 e. The monoisotopic (exact) mass is 192 g/mol. The van der Waals surface area contributed by atoms with Crippen molar-refractivity contribution in [3.63, 3.8) is 0 Å². The maximum Gasteiger partial charge on any atom is 0.304 e. The third-order valence-electron chi connectivity index (χ3n) is 1.50. The van der Waals surface area contributed by atoms with Crippen molar-refractivity contribution in [2.75, 3.05) is 5.43 Å². The van der Waals surface area contributed by atoms with Gasteiger partial charge in [-0.3, -0.25) is 9.78 Å². The molecule has 0 saturated heterocycles. The first kappa shape index (κ1) is 8.08. The van der Waals surface area contributed by atoms with Crippen molar-refractivity contribution in [2.24, 2.45) is 5.22 Å². The Morgan fingerprint density at radius 3 is 3.29 bits per heavy atom. The second kappa shape index (κ2) is 3.07. The Hall–Kier alpha value is -2.54. The molecule has 0 fully saturated rings. The van der Waals surface area contributed by atoms with Crippen LogP contribution in [0.25, 0.3) is 21.6 Å². The molecule has 3 N–H and O–H groups in total. The lowest BCUT2D eigenvalue weighted by atomic mass is 10.5. The highest BCUT2D eigenvalue weighted by molar-refractivity contribution is 5.69. The average Bonchev–Trinajstić information content (AvgIpc) is 2.63. The van der Waals surface area contributed by atoms with Crippen LogP contribution in [0.2, 0.25) is 0 Å². The quantitative estimate of drug-likeness (QED) is 0.272. The van der Waals surface area contributed by atoms with Crippen LogP contribution in [0.4, 0.5) is 5.95 Å². The van der Waals surface area contributed by atoms with E-state index in [2.05, 4.69) is 35.5 Å². The average molecular weight is 192 g/mol. The van der Waals surface area contributed by atoms with Crippen LogP contribution in [0.1, 0.15) is 0 Å². The van der Waals surface area contributed by atoms with E-state index in [0.29, 0.717) is 0 Å². The first-order valence-corrected chi connectivity index (χ1v) is 3.55. The Morgan fingerprint density at radius 1 is 1.64 bits per heavy atom. The predicted octanol–water partition coefficient (Wildman–Crippen LogP) is 0.283. The molecule has 9 heteroatoms. The first-order chi connectivity index (χ1) is 6.81. The van der Waals surface area contributed by atoms with E-state index < -0.39 is 0 Å². The summed E-state index contributed by atoms with van der Waals surface area (Å²) in [5.41, 5.74) is 10.4. The number of nitrogens with one attached hydrogen (secondary N) is 3. The van der Waals surface area contributed by atoms with Crippen molar-refractivity contribution < 1.29 is 0 Å². The first-order valence-electron chi connectivity index (χ1n) is 3.55. The van der Waals surface area contributed by atoms with E-state index in [-0.39, 0.29) is 22.7 Å². The summed E-state index contributed by atoms with van der Waals surface area (Å²) in [6.45, 7) is 0. The van der Waals surface area contributed by atoms with Gasteiger partial charge in [-0.25, -0.2) is 4.98 Å². The number of hydrogen-bond acceptors (Lipinski definition) is 4. The number of rotatable bonds is 2. The van der Waals surface area contributed by atoms with Crippen molar-refractivity contribution >= 4 is 17.1 Å². The van der Waals surface area contributed by atoms with Crippen molar-refractivity contribution in [3.8, 4) is 0 Å². The van der Waals surface area contributed by atoms with Gasteiger partial charge >= 0.3 is 5.95 Å². The standard InChI is InChI=1S/C5H4N8O/c6-12-13-11-5-9-3-2(4(14)10-5)7-1-8-3/h1H,(H3,7,8,9,10,11,14). The molecule has 0 bridgehead atoms. The molecule has 0 aliphatic rings. The zero-order valence-electron chi connectivity index (χ0n) is 6.72. The molecule has 0 aliphatic heterocycles. The minimum atomic E-state index is -0.386. The second-order valence-corrected chi connectivity index (χ2v) is 2.32.